The number of amides is 1. The van der Waals surface area contributed by atoms with Gasteiger partial charge in [-0.25, -0.2) is 5.43 Å². The summed E-state index contributed by atoms with van der Waals surface area (Å²) in [5.74, 6) is 0. The number of carbonyl (C=O) groups excluding carboxylic acids is 1. The van der Waals surface area contributed by atoms with Crippen LogP contribution in [0.5, 0.6) is 0 Å². The van der Waals surface area contributed by atoms with Crippen molar-refractivity contribution in [3.05, 3.63) is 11.1 Å². The average molecular weight is 245 g/mol. The van der Waals surface area contributed by atoms with Crippen molar-refractivity contribution in [3.63, 3.8) is 0 Å². The molecule has 0 aliphatic heterocycles. The quantitative estimate of drug-likeness (QED) is 0.311. The summed E-state index contributed by atoms with van der Waals surface area (Å²) in [6.07, 6.45) is 7.30. The molecule has 0 aromatic carbocycles. The highest BCUT2D eigenvalue weighted by Gasteiger charge is 2.12. The second-order valence-electron chi connectivity index (χ2n) is 3.51. The van der Waals surface area contributed by atoms with Gasteiger partial charge in [0, 0.05) is 5.70 Å². The Balaban J connectivity index is 4.31. The highest BCUT2D eigenvalue weighted by Crippen LogP contribution is 2.11. The minimum absolute atomic E-state index is 0.161. The van der Waals surface area contributed by atoms with E-state index in [9.17, 15) is 4.79 Å². The van der Waals surface area contributed by atoms with Gasteiger partial charge in [0.2, 0.25) is 6.41 Å². The molecule has 1 atom stereocenters. The first-order valence-corrected chi connectivity index (χ1v) is 6.94. The average Bonchev–Trinajstić information content (AvgIpc) is 2.28. The van der Waals surface area contributed by atoms with Gasteiger partial charge in [-0.15, -0.1) is 11.8 Å². The van der Waals surface area contributed by atoms with E-state index in [1.54, 1.807) is 11.8 Å². The number of hydrogen-bond acceptors (Lipinski definition) is 4. The van der Waals surface area contributed by atoms with Crippen LogP contribution in [0.2, 0.25) is 0 Å². The van der Waals surface area contributed by atoms with Crippen LogP contribution in [0.4, 0.5) is 0 Å². The van der Waals surface area contributed by atoms with E-state index in [0.29, 0.717) is 0 Å². The number of unbranched alkanes of at least 4 members (excludes halogenated alkanes) is 2. The molecule has 0 bridgehead atoms. The Labute approximate surface area is 103 Å². The predicted octanol–water partition coefficient (Wildman–Crippen LogP) is 1.61. The predicted molar refractivity (Wildman–Crippen MR) is 70.9 cm³/mol. The third-order valence-electron chi connectivity index (χ3n) is 2.26. The normalized spacial score (nSPS) is 13.6. The van der Waals surface area contributed by atoms with E-state index in [0.717, 1.165) is 24.9 Å². The second kappa shape index (κ2) is 11.0. The summed E-state index contributed by atoms with van der Waals surface area (Å²) >= 11 is 1.59. The summed E-state index contributed by atoms with van der Waals surface area (Å²) in [4.78, 5) is 10.5. The van der Waals surface area contributed by atoms with Gasteiger partial charge in [0.25, 0.3) is 0 Å². The van der Waals surface area contributed by atoms with E-state index in [-0.39, 0.29) is 6.04 Å². The van der Waals surface area contributed by atoms with Crippen LogP contribution in [-0.4, -0.2) is 25.8 Å². The van der Waals surface area contributed by atoms with Crippen LogP contribution in [0.3, 0.4) is 0 Å². The summed E-state index contributed by atoms with van der Waals surface area (Å²) in [5, 5.41) is 4.72. The fourth-order valence-corrected chi connectivity index (χ4v) is 1.98. The molecule has 0 rings (SSSR count). The third kappa shape index (κ3) is 6.87. The lowest BCUT2D eigenvalue weighted by Crippen LogP contribution is -2.42. The van der Waals surface area contributed by atoms with Crippen LogP contribution >= 0.6 is 11.8 Å². The maximum atomic E-state index is 10.5. The highest BCUT2D eigenvalue weighted by atomic mass is 32.2. The van der Waals surface area contributed by atoms with Crippen LogP contribution < -0.4 is 16.2 Å². The first-order valence-electron chi connectivity index (χ1n) is 5.65. The van der Waals surface area contributed by atoms with E-state index in [2.05, 4.69) is 23.1 Å². The second-order valence-corrected chi connectivity index (χ2v) is 4.22. The van der Waals surface area contributed by atoms with Crippen molar-refractivity contribution < 1.29 is 4.79 Å². The molecule has 94 valence electrons. The molecule has 0 saturated carbocycles. The van der Waals surface area contributed by atoms with E-state index in [4.69, 9.17) is 0 Å². The Bertz CT molecular complexity index is 209. The van der Waals surface area contributed by atoms with Crippen molar-refractivity contribution >= 4 is 18.2 Å². The van der Waals surface area contributed by atoms with Crippen LogP contribution in [0, 0.1) is 0 Å². The van der Waals surface area contributed by atoms with Gasteiger partial charge in [0.15, 0.2) is 0 Å². The standard InChI is InChI=1S/C11H23N3OS/c1-4-5-6-7-10(14-12-2)11(8-16-3)13-9-15/h8-10,12,14H,4-7H2,1-3H3,(H,13,15)/b11-8-. The molecule has 0 heterocycles. The van der Waals surface area contributed by atoms with Crippen LogP contribution in [-0.2, 0) is 4.79 Å². The maximum absolute atomic E-state index is 10.5. The monoisotopic (exact) mass is 245 g/mol. The lowest BCUT2D eigenvalue weighted by Gasteiger charge is -2.20. The summed E-state index contributed by atoms with van der Waals surface area (Å²) < 4.78 is 0. The number of carbonyl (C=O) groups is 1. The van der Waals surface area contributed by atoms with Gasteiger partial charge in [-0.3, -0.25) is 10.2 Å². The van der Waals surface area contributed by atoms with Crippen LogP contribution in [0.15, 0.2) is 11.1 Å². The zero-order valence-corrected chi connectivity index (χ0v) is 11.2. The van der Waals surface area contributed by atoms with Gasteiger partial charge in [-0.05, 0) is 25.1 Å². The van der Waals surface area contributed by atoms with Crippen molar-refractivity contribution in [2.45, 2.75) is 38.6 Å². The largest absolute Gasteiger partial charge is 0.330 e. The number of hydrazine groups is 1. The maximum Gasteiger partial charge on any atom is 0.211 e. The van der Waals surface area contributed by atoms with Gasteiger partial charge in [-0.2, -0.15) is 0 Å². The van der Waals surface area contributed by atoms with Crippen molar-refractivity contribution in [1.82, 2.24) is 16.2 Å². The minimum atomic E-state index is 0.161. The number of thioether (sulfide) groups is 1. The molecule has 0 spiro atoms. The molecular formula is C11H23N3OS. The van der Waals surface area contributed by atoms with Crippen molar-refractivity contribution in [2.75, 3.05) is 13.3 Å². The molecule has 16 heavy (non-hydrogen) atoms. The molecule has 5 heteroatoms. The fraction of sp³-hybridized carbons (Fsp3) is 0.727. The molecule has 0 fully saturated rings. The number of rotatable bonds is 10. The first-order chi connectivity index (χ1) is 7.79. The zero-order chi connectivity index (χ0) is 12.2. The van der Waals surface area contributed by atoms with Crippen LogP contribution in [0.25, 0.3) is 0 Å². The molecule has 0 aromatic rings. The minimum Gasteiger partial charge on any atom is -0.330 e. The van der Waals surface area contributed by atoms with E-state index < -0.39 is 0 Å². The van der Waals surface area contributed by atoms with Gasteiger partial charge < -0.3 is 5.32 Å². The topological polar surface area (TPSA) is 53.2 Å². The van der Waals surface area contributed by atoms with Crippen molar-refractivity contribution in [1.29, 1.82) is 0 Å². The Hall–Kier alpha value is -0.520. The van der Waals surface area contributed by atoms with E-state index >= 15 is 0 Å². The van der Waals surface area contributed by atoms with Crippen molar-refractivity contribution in [3.8, 4) is 0 Å². The van der Waals surface area contributed by atoms with E-state index in [1.165, 1.54) is 12.8 Å². The van der Waals surface area contributed by atoms with Gasteiger partial charge in [-0.1, -0.05) is 26.2 Å². The molecule has 0 aromatic heterocycles. The SMILES string of the molecule is CCCCCC(NNC)/C(=C/SC)NC=O. The Morgan fingerprint density at radius 3 is 2.69 bits per heavy atom. The fourth-order valence-electron chi connectivity index (χ4n) is 1.49. The van der Waals surface area contributed by atoms with Gasteiger partial charge in [0.1, 0.15) is 0 Å². The Morgan fingerprint density at radius 1 is 1.44 bits per heavy atom. The van der Waals surface area contributed by atoms with Crippen LogP contribution in [0.1, 0.15) is 32.6 Å². The molecule has 0 aliphatic rings. The smallest absolute Gasteiger partial charge is 0.211 e. The molecule has 0 radical (unpaired) electrons. The Morgan fingerprint density at radius 2 is 2.19 bits per heavy atom. The van der Waals surface area contributed by atoms with Crippen molar-refractivity contribution in [2.24, 2.45) is 0 Å². The first kappa shape index (κ1) is 15.5. The summed E-state index contributed by atoms with van der Waals surface area (Å²) in [7, 11) is 1.84. The lowest BCUT2D eigenvalue weighted by molar-refractivity contribution is -0.109. The summed E-state index contributed by atoms with van der Waals surface area (Å²) in [5.41, 5.74) is 7.02. The molecule has 1 amide bonds. The molecule has 3 N–H and O–H groups in total. The summed E-state index contributed by atoms with van der Waals surface area (Å²) in [6, 6.07) is 0.161. The van der Waals surface area contributed by atoms with Gasteiger partial charge in [0.05, 0.1) is 6.04 Å². The lowest BCUT2D eigenvalue weighted by atomic mass is 10.1. The molecule has 0 aliphatic carbocycles. The molecule has 0 saturated heterocycles. The number of hydrogen-bond donors (Lipinski definition) is 3. The third-order valence-corrected chi connectivity index (χ3v) is 2.75. The molecular weight excluding hydrogens is 222 g/mol. The van der Waals surface area contributed by atoms with Gasteiger partial charge >= 0.3 is 0 Å². The zero-order valence-electron chi connectivity index (χ0n) is 10.4. The number of nitrogens with one attached hydrogen (secondary N) is 3. The highest BCUT2D eigenvalue weighted by molar-refractivity contribution is 8.01. The van der Waals surface area contributed by atoms with E-state index in [1.807, 2.05) is 18.7 Å². The Kier molecular flexibility index (Phi) is 10.6. The summed E-state index contributed by atoms with van der Waals surface area (Å²) in [6.45, 7) is 2.18. The molecule has 1 unspecified atom stereocenters. The molecule has 4 nitrogen and oxygen atoms in total.